The predicted molar refractivity (Wildman–Crippen MR) is 122 cm³/mol. The first kappa shape index (κ1) is 23.2. The molecule has 1 heterocycles. The minimum absolute atomic E-state index is 0.111. The summed E-state index contributed by atoms with van der Waals surface area (Å²) in [4.78, 5) is 31.0. The minimum Gasteiger partial charge on any atom is -0.355 e. The Balaban J connectivity index is 2.49. The predicted octanol–water partition coefficient (Wildman–Crippen LogP) is 5.27. The first-order chi connectivity index (χ1) is 13.6. The summed E-state index contributed by atoms with van der Waals surface area (Å²) in [5.41, 5.74) is 0.391. The topological polar surface area (TPSA) is 74.3 Å². The Hall–Kier alpha value is -2.06. The average Bonchev–Trinajstić information content (AvgIpc) is 2.66. The Morgan fingerprint density at radius 2 is 1.93 bits per heavy atom. The summed E-state index contributed by atoms with van der Waals surface area (Å²) in [5.74, 6) is -0.663. The lowest BCUT2D eigenvalue weighted by Gasteiger charge is -2.23. The largest absolute Gasteiger partial charge is 0.355 e. The molecule has 2 N–H and O–H groups in total. The molecule has 0 aliphatic carbocycles. The van der Waals surface area contributed by atoms with E-state index in [0.717, 1.165) is 0 Å². The molecule has 0 atom stereocenters. The summed E-state index contributed by atoms with van der Waals surface area (Å²) >= 11 is 21.7. The van der Waals surface area contributed by atoms with Gasteiger partial charge in [-0.3, -0.25) is 9.59 Å². The average molecular weight is 519 g/mol. The maximum absolute atomic E-state index is 13.1. The van der Waals surface area contributed by atoms with E-state index in [-0.39, 0.29) is 27.0 Å². The molecule has 0 radical (unpaired) electrons. The van der Waals surface area contributed by atoms with E-state index in [2.05, 4.69) is 38.1 Å². The number of carbonyl (C=O) groups is 2. The van der Waals surface area contributed by atoms with E-state index in [1.54, 1.807) is 25.4 Å². The van der Waals surface area contributed by atoms with Crippen molar-refractivity contribution in [2.75, 3.05) is 24.3 Å². The molecule has 0 saturated heterocycles. The number of aromatic nitrogens is 1. The third kappa shape index (κ3) is 5.73. The molecule has 152 valence electrons. The van der Waals surface area contributed by atoms with E-state index < -0.39 is 11.8 Å². The van der Waals surface area contributed by atoms with E-state index >= 15 is 0 Å². The van der Waals surface area contributed by atoms with Crippen molar-refractivity contribution in [1.29, 1.82) is 0 Å². The molecule has 0 fully saturated rings. The third-order valence-corrected chi connectivity index (χ3v) is 4.75. The third-order valence-electron chi connectivity index (χ3n) is 3.71. The van der Waals surface area contributed by atoms with E-state index in [0.29, 0.717) is 15.3 Å². The van der Waals surface area contributed by atoms with Crippen LogP contribution in [0.3, 0.4) is 0 Å². The van der Waals surface area contributed by atoms with Gasteiger partial charge in [-0.05, 0) is 30.3 Å². The number of hydrogen-bond donors (Lipinski definition) is 2. The SMILES string of the molecule is C=C(Br)/C=C(/C(=O)Nc1c(Cl)cc(Cl)cc1C(=O)NC)N(C)c1ncccc1Cl. The number of hydrogen-bond acceptors (Lipinski definition) is 4. The minimum atomic E-state index is -0.566. The highest BCUT2D eigenvalue weighted by atomic mass is 79.9. The molecule has 0 aliphatic heterocycles. The number of anilines is 2. The fourth-order valence-electron chi connectivity index (χ4n) is 2.39. The second kappa shape index (κ2) is 10.1. The summed E-state index contributed by atoms with van der Waals surface area (Å²) in [6, 6.07) is 6.17. The van der Waals surface area contributed by atoms with Crippen molar-refractivity contribution in [3.05, 3.63) is 73.9 Å². The molecule has 0 bridgehead atoms. The van der Waals surface area contributed by atoms with Crippen molar-refractivity contribution in [1.82, 2.24) is 10.3 Å². The Bertz CT molecular complexity index is 1010. The standard InChI is InChI=1S/C19H16BrCl3N4O2/c1-10(20)7-15(27(3)17-13(22)5-4-6-25-17)19(29)26-16-12(18(28)24-2)8-11(21)9-14(16)23/h4-9H,1H2,2-3H3,(H,24,28)(H,26,29)/b15-7-. The van der Waals surface area contributed by atoms with Gasteiger partial charge in [-0.15, -0.1) is 0 Å². The first-order valence-electron chi connectivity index (χ1n) is 8.08. The highest BCUT2D eigenvalue weighted by molar-refractivity contribution is 9.11. The molecule has 0 aliphatic rings. The lowest BCUT2D eigenvalue weighted by atomic mass is 10.1. The Morgan fingerprint density at radius 1 is 1.24 bits per heavy atom. The van der Waals surface area contributed by atoms with Crippen molar-refractivity contribution in [3.8, 4) is 0 Å². The second-order valence-electron chi connectivity index (χ2n) is 5.69. The molecule has 0 spiro atoms. The molecule has 2 rings (SSSR count). The van der Waals surface area contributed by atoms with Gasteiger partial charge >= 0.3 is 0 Å². The van der Waals surface area contributed by atoms with Crippen LogP contribution < -0.4 is 15.5 Å². The lowest BCUT2D eigenvalue weighted by Crippen LogP contribution is -2.30. The summed E-state index contributed by atoms with van der Waals surface area (Å²) in [6.45, 7) is 3.74. The van der Waals surface area contributed by atoms with Crippen molar-refractivity contribution in [2.45, 2.75) is 0 Å². The maximum atomic E-state index is 13.1. The van der Waals surface area contributed by atoms with Gasteiger partial charge in [0.2, 0.25) is 0 Å². The van der Waals surface area contributed by atoms with Crippen molar-refractivity contribution in [2.24, 2.45) is 0 Å². The van der Waals surface area contributed by atoms with Crippen molar-refractivity contribution in [3.63, 3.8) is 0 Å². The van der Waals surface area contributed by atoms with Gasteiger partial charge in [-0.1, -0.05) is 57.3 Å². The number of rotatable bonds is 6. The van der Waals surface area contributed by atoms with Gasteiger partial charge in [0.05, 0.1) is 21.3 Å². The van der Waals surface area contributed by atoms with Gasteiger partial charge in [-0.25, -0.2) is 4.98 Å². The van der Waals surface area contributed by atoms with Gasteiger partial charge in [-0.2, -0.15) is 0 Å². The Labute approximate surface area is 191 Å². The van der Waals surface area contributed by atoms with Crippen LogP contribution in [0.2, 0.25) is 15.1 Å². The van der Waals surface area contributed by atoms with Gasteiger partial charge in [0.15, 0.2) is 5.82 Å². The smallest absolute Gasteiger partial charge is 0.272 e. The molecule has 1 aromatic carbocycles. The molecular formula is C19H16BrCl3N4O2. The van der Waals surface area contributed by atoms with Crippen LogP contribution in [0.15, 0.2) is 53.3 Å². The van der Waals surface area contributed by atoms with Crippen LogP contribution in [0, 0.1) is 0 Å². The summed E-state index contributed by atoms with van der Waals surface area (Å²) in [6.07, 6.45) is 3.04. The fraction of sp³-hybridized carbons (Fsp3) is 0.105. The number of carbonyl (C=O) groups excluding carboxylic acids is 2. The maximum Gasteiger partial charge on any atom is 0.272 e. The van der Waals surface area contributed by atoms with E-state index in [1.807, 2.05) is 0 Å². The van der Waals surface area contributed by atoms with Crippen LogP contribution >= 0.6 is 50.7 Å². The van der Waals surface area contributed by atoms with Crippen molar-refractivity contribution >= 4 is 74.1 Å². The lowest BCUT2D eigenvalue weighted by molar-refractivity contribution is -0.112. The summed E-state index contributed by atoms with van der Waals surface area (Å²) < 4.78 is 0.440. The fourth-order valence-corrected chi connectivity index (χ4v) is 3.40. The van der Waals surface area contributed by atoms with E-state index in [4.69, 9.17) is 34.8 Å². The number of nitrogens with zero attached hydrogens (tertiary/aromatic N) is 2. The molecule has 1 aromatic heterocycles. The number of pyridine rings is 1. The van der Waals surface area contributed by atoms with Crippen LogP contribution in [0.5, 0.6) is 0 Å². The van der Waals surface area contributed by atoms with Crippen LogP contribution in [-0.4, -0.2) is 30.9 Å². The Morgan fingerprint density at radius 3 is 2.52 bits per heavy atom. The molecular weight excluding hydrogens is 502 g/mol. The van der Waals surface area contributed by atoms with Crippen LogP contribution in [-0.2, 0) is 4.79 Å². The highest BCUT2D eigenvalue weighted by Gasteiger charge is 2.23. The normalized spacial score (nSPS) is 11.0. The zero-order chi connectivity index (χ0) is 21.7. The Kier molecular flexibility index (Phi) is 8.10. The number of halogens is 4. The number of benzene rings is 1. The number of allylic oxidation sites excluding steroid dienone is 2. The van der Waals surface area contributed by atoms with Crippen LogP contribution in [0.4, 0.5) is 11.5 Å². The van der Waals surface area contributed by atoms with Crippen LogP contribution in [0.1, 0.15) is 10.4 Å². The molecule has 2 aromatic rings. The number of nitrogens with one attached hydrogen (secondary N) is 2. The van der Waals surface area contributed by atoms with Crippen molar-refractivity contribution < 1.29 is 9.59 Å². The quantitative estimate of drug-likeness (QED) is 0.404. The zero-order valence-electron chi connectivity index (χ0n) is 15.4. The molecule has 0 saturated carbocycles. The summed E-state index contributed by atoms with van der Waals surface area (Å²) in [5, 5.41) is 5.87. The summed E-state index contributed by atoms with van der Waals surface area (Å²) in [7, 11) is 3.08. The second-order valence-corrected chi connectivity index (χ2v) is 7.96. The van der Waals surface area contributed by atoms with E-state index in [9.17, 15) is 9.59 Å². The number of likely N-dealkylation sites (N-methyl/N-ethyl adjacent to an activating group) is 1. The highest BCUT2D eigenvalue weighted by Crippen LogP contribution is 2.32. The molecule has 29 heavy (non-hydrogen) atoms. The van der Waals surface area contributed by atoms with Gasteiger partial charge in [0, 0.05) is 29.8 Å². The van der Waals surface area contributed by atoms with Gasteiger partial charge in [0.1, 0.15) is 5.70 Å². The zero-order valence-corrected chi connectivity index (χ0v) is 19.2. The van der Waals surface area contributed by atoms with E-state index in [1.165, 1.54) is 30.2 Å². The van der Waals surface area contributed by atoms with Gasteiger partial charge in [0.25, 0.3) is 11.8 Å². The number of amides is 2. The van der Waals surface area contributed by atoms with Crippen LogP contribution in [0.25, 0.3) is 0 Å². The molecule has 10 heteroatoms. The first-order valence-corrected chi connectivity index (χ1v) is 10.0. The monoisotopic (exact) mass is 516 g/mol. The molecule has 0 unspecified atom stereocenters. The van der Waals surface area contributed by atoms with Gasteiger partial charge < -0.3 is 15.5 Å². The molecule has 2 amide bonds. The molecule has 6 nitrogen and oxygen atoms in total.